The maximum absolute atomic E-state index is 12.8. The molecule has 0 saturated heterocycles. The second-order valence-corrected chi connectivity index (χ2v) is 7.29. The minimum absolute atomic E-state index is 0.187. The number of halogens is 1. The average molecular weight is 433 g/mol. The zero-order valence-electron chi connectivity index (χ0n) is 16.3. The lowest BCUT2D eigenvalue weighted by Gasteiger charge is -2.08. The van der Waals surface area contributed by atoms with E-state index in [1.54, 1.807) is 41.1 Å². The Balaban J connectivity index is 1.43. The van der Waals surface area contributed by atoms with E-state index >= 15 is 0 Å². The zero-order chi connectivity index (χ0) is 21.8. The van der Waals surface area contributed by atoms with E-state index in [1.807, 2.05) is 18.2 Å². The van der Waals surface area contributed by atoms with E-state index in [4.69, 9.17) is 16.9 Å². The molecule has 0 spiro atoms. The van der Waals surface area contributed by atoms with Gasteiger partial charge in [0.2, 0.25) is 0 Å². The number of carbonyl (C=O) groups is 1. The first-order valence-corrected chi connectivity index (χ1v) is 9.87. The van der Waals surface area contributed by atoms with Crippen molar-refractivity contribution in [2.45, 2.75) is 13.1 Å². The second kappa shape index (κ2) is 8.81. The fraction of sp³-hybridized carbons (Fsp3) is 0.136. The molecule has 2 aromatic heterocycles. The summed E-state index contributed by atoms with van der Waals surface area (Å²) in [7, 11) is 0. The number of nitrogens with zero attached hydrogens (tertiary/aromatic N) is 5. The molecule has 0 unspecified atom stereocenters. The molecule has 2 aromatic carbocycles. The average Bonchev–Trinajstić information content (AvgIpc) is 3.21. The number of hydrogen-bond donors (Lipinski definition) is 1. The van der Waals surface area contributed by atoms with Gasteiger partial charge in [0.1, 0.15) is 11.7 Å². The van der Waals surface area contributed by atoms with Gasteiger partial charge in [-0.25, -0.2) is 9.67 Å². The predicted octanol–water partition coefficient (Wildman–Crippen LogP) is 2.60. The predicted molar refractivity (Wildman–Crippen MR) is 116 cm³/mol. The molecule has 1 N–H and O–H groups in total. The Morgan fingerprint density at radius 2 is 1.87 bits per heavy atom. The third kappa shape index (κ3) is 4.47. The molecule has 0 radical (unpaired) electrons. The normalized spacial score (nSPS) is 10.7. The van der Waals surface area contributed by atoms with Crippen molar-refractivity contribution in [1.82, 2.24) is 24.6 Å². The first-order chi connectivity index (χ1) is 15.0. The van der Waals surface area contributed by atoms with Crippen molar-refractivity contribution >= 4 is 28.5 Å². The highest BCUT2D eigenvalue weighted by Crippen LogP contribution is 2.11. The van der Waals surface area contributed by atoms with Crippen LogP contribution in [-0.4, -0.2) is 31.8 Å². The van der Waals surface area contributed by atoms with E-state index in [0.717, 1.165) is 5.56 Å². The van der Waals surface area contributed by atoms with Crippen LogP contribution < -0.4 is 10.9 Å². The number of carbonyl (C=O) groups excluding carboxylic acids is 1. The van der Waals surface area contributed by atoms with E-state index in [1.165, 1.54) is 17.1 Å². The first kappa shape index (κ1) is 20.3. The van der Waals surface area contributed by atoms with Crippen LogP contribution in [0.1, 0.15) is 21.5 Å². The van der Waals surface area contributed by atoms with Crippen LogP contribution in [0.4, 0.5) is 0 Å². The summed E-state index contributed by atoms with van der Waals surface area (Å²) >= 11 is 5.91. The van der Waals surface area contributed by atoms with Gasteiger partial charge in [0.25, 0.3) is 11.5 Å². The fourth-order valence-electron chi connectivity index (χ4n) is 3.13. The zero-order valence-corrected chi connectivity index (χ0v) is 17.1. The van der Waals surface area contributed by atoms with Gasteiger partial charge < -0.3 is 5.32 Å². The van der Waals surface area contributed by atoms with Crippen LogP contribution in [0, 0.1) is 11.3 Å². The Hall–Kier alpha value is -3.96. The summed E-state index contributed by atoms with van der Waals surface area (Å²) in [5.74, 6) is -0.251. The molecule has 2 heterocycles. The van der Waals surface area contributed by atoms with Crippen LogP contribution in [0.2, 0.25) is 5.02 Å². The standard InChI is InChI=1S/C22H17ClN6O2/c23-18-7-3-16(4-8-18)13-28-14-26-20-19(22(28)31)12-27-29(20)10-9-25-21(30)17-5-1-15(11-24)2-6-17/h1-8,12,14H,9-10,13H2,(H,25,30). The van der Waals surface area contributed by atoms with E-state index in [-0.39, 0.29) is 11.5 Å². The molecule has 1 amide bonds. The fourth-order valence-corrected chi connectivity index (χ4v) is 3.26. The lowest BCUT2D eigenvalue weighted by atomic mass is 10.1. The molecule has 0 atom stereocenters. The molecule has 154 valence electrons. The lowest BCUT2D eigenvalue weighted by molar-refractivity contribution is 0.0952. The third-order valence-corrected chi connectivity index (χ3v) is 5.03. The van der Waals surface area contributed by atoms with Gasteiger partial charge in [-0.2, -0.15) is 10.4 Å². The first-order valence-electron chi connectivity index (χ1n) is 9.49. The molecule has 0 fully saturated rings. The van der Waals surface area contributed by atoms with Crippen molar-refractivity contribution in [3.63, 3.8) is 0 Å². The molecule has 31 heavy (non-hydrogen) atoms. The summed E-state index contributed by atoms with van der Waals surface area (Å²) in [4.78, 5) is 29.4. The molecule has 8 nitrogen and oxygen atoms in total. The highest BCUT2D eigenvalue weighted by molar-refractivity contribution is 6.30. The monoisotopic (exact) mass is 432 g/mol. The number of aromatic nitrogens is 4. The Bertz CT molecular complexity index is 1330. The molecule has 0 aliphatic heterocycles. The topological polar surface area (TPSA) is 106 Å². The molecule has 4 aromatic rings. The van der Waals surface area contributed by atoms with E-state index in [0.29, 0.717) is 46.8 Å². The van der Waals surface area contributed by atoms with Gasteiger partial charge in [-0.05, 0) is 42.0 Å². The van der Waals surface area contributed by atoms with Crippen LogP contribution in [0.15, 0.2) is 65.8 Å². The Morgan fingerprint density at radius 3 is 2.58 bits per heavy atom. The summed E-state index contributed by atoms with van der Waals surface area (Å²) in [6.07, 6.45) is 2.98. The van der Waals surface area contributed by atoms with Gasteiger partial charge in [0.15, 0.2) is 5.65 Å². The van der Waals surface area contributed by atoms with Gasteiger partial charge in [0.05, 0.1) is 30.9 Å². The Morgan fingerprint density at radius 1 is 1.13 bits per heavy atom. The SMILES string of the molecule is N#Cc1ccc(C(=O)NCCn2ncc3c(=O)n(Cc4ccc(Cl)cc4)cnc32)cc1. The summed E-state index contributed by atoms with van der Waals surface area (Å²) in [6, 6.07) is 15.7. The number of nitrogens with one attached hydrogen (secondary N) is 1. The van der Waals surface area contributed by atoms with Crippen LogP contribution in [0.5, 0.6) is 0 Å². The van der Waals surface area contributed by atoms with Crippen LogP contribution in [0.25, 0.3) is 11.0 Å². The maximum Gasteiger partial charge on any atom is 0.264 e. The maximum atomic E-state index is 12.8. The van der Waals surface area contributed by atoms with Crippen molar-refractivity contribution in [1.29, 1.82) is 5.26 Å². The van der Waals surface area contributed by atoms with Crippen molar-refractivity contribution in [3.8, 4) is 6.07 Å². The van der Waals surface area contributed by atoms with Gasteiger partial charge >= 0.3 is 0 Å². The Kier molecular flexibility index (Phi) is 5.78. The molecular formula is C22H17ClN6O2. The van der Waals surface area contributed by atoms with Crippen molar-refractivity contribution in [2.24, 2.45) is 0 Å². The van der Waals surface area contributed by atoms with Crippen molar-refractivity contribution < 1.29 is 4.79 Å². The van der Waals surface area contributed by atoms with Gasteiger partial charge in [-0.15, -0.1) is 0 Å². The van der Waals surface area contributed by atoms with E-state index < -0.39 is 0 Å². The smallest absolute Gasteiger partial charge is 0.264 e. The van der Waals surface area contributed by atoms with E-state index in [2.05, 4.69) is 15.4 Å². The number of rotatable bonds is 6. The van der Waals surface area contributed by atoms with Crippen molar-refractivity contribution in [3.05, 3.63) is 93.1 Å². The number of amides is 1. The van der Waals surface area contributed by atoms with Crippen LogP contribution in [0.3, 0.4) is 0 Å². The molecule has 9 heteroatoms. The molecule has 0 aliphatic carbocycles. The molecule has 0 saturated carbocycles. The Labute approximate surface area is 182 Å². The van der Waals surface area contributed by atoms with E-state index in [9.17, 15) is 9.59 Å². The highest BCUT2D eigenvalue weighted by atomic mass is 35.5. The lowest BCUT2D eigenvalue weighted by Crippen LogP contribution is -2.27. The van der Waals surface area contributed by atoms with Gasteiger partial charge in [-0.3, -0.25) is 14.2 Å². The highest BCUT2D eigenvalue weighted by Gasteiger charge is 2.11. The molecule has 4 rings (SSSR count). The minimum atomic E-state index is -0.251. The van der Waals surface area contributed by atoms with Gasteiger partial charge in [0, 0.05) is 17.1 Å². The largest absolute Gasteiger partial charge is 0.350 e. The number of benzene rings is 2. The minimum Gasteiger partial charge on any atom is -0.350 e. The molecule has 0 bridgehead atoms. The quantitative estimate of drug-likeness (QED) is 0.504. The number of fused-ring (bicyclic) bond motifs is 1. The number of hydrogen-bond acceptors (Lipinski definition) is 5. The number of nitriles is 1. The molecule has 0 aliphatic rings. The summed E-state index contributed by atoms with van der Waals surface area (Å²) in [5, 5.41) is 16.9. The summed E-state index contributed by atoms with van der Waals surface area (Å²) in [6.45, 7) is 1.05. The molecular weight excluding hydrogens is 416 g/mol. The summed E-state index contributed by atoms with van der Waals surface area (Å²) in [5.41, 5.74) is 2.17. The van der Waals surface area contributed by atoms with Gasteiger partial charge in [-0.1, -0.05) is 23.7 Å². The summed E-state index contributed by atoms with van der Waals surface area (Å²) < 4.78 is 3.10. The van der Waals surface area contributed by atoms with Crippen molar-refractivity contribution in [2.75, 3.05) is 6.54 Å². The third-order valence-electron chi connectivity index (χ3n) is 4.77. The van der Waals surface area contributed by atoms with Crippen LogP contribution >= 0.6 is 11.6 Å². The van der Waals surface area contributed by atoms with Crippen LogP contribution in [-0.2, 0) is 13.1 Å². The second-order valence-electron chi connectivity index (χ2n) is 6.85.